The van der Waals surface area contributed by atoms with Gasteiger partial charge in [-0.15, -0.1) is 0 Å². The van der Waals surface area contributed by atoms with Crippen LogP contribution in [-0.2, 0) is 0 Å². The lowest BCUT2D eigenvalue weighted by Crippen LogP contribution is -2.23. The number of allylic oxidation sites excluding steroid dienone is 1. The van der Waals surface area contributed by atoms with Crippen LogP contribution in [0.2, 0.25) is 0 Å². The second-order valence-electron chi connectivity index (χ2n) is 4.05. The summed E-state index contributed by atoms with van der Waals surface area (Å²) in [7, 11) is 0. The first-order chi connectivity index (χ1) is 8.25. The van der Waals surface area contributed by atoms with E-state index in [1.54, 1.807) is 30.5 Å². The zero-order valence-corrected chi connectivity index (χ0v) is 9.85. The first-order valence-corrected chi connectivity index (χ1v) is 5.89. The van der Waals surface area contributed by atoms with Gasteiger partial charge in [0.25, 0.3) is 11.8 Å². The molecule has 88 valence electrons. The molecule has 0 fully saturated rings. The van der Waals surface area contributed by atoms with E-state index in [1.807, 2.05) is 6.08 Å². The summed E-state index contributed by atoms with van der Waals surface area (Å²) in [6.07, 6.45) is 6.54. The number of imide groups is 1. The Morgan fingerprint density at radius 2 is 1.71 bits per heavy atom. The van der Waals surface area contributed by atoms with Gasteiger partial charge >= 0.3 is 0 Å². The summed E-state index contributed by atoms with van der Waals surface area (Å²) in [5, 5.41) is 0. The Kier molecular flexibility index (Phi) is 3.38. The van der Waals surface area contributed by atoms with E-state index < -0.39 is 0 Å². The quantitative estimate of drug-likeness (QED) is 0.588. The van der Waals surface area contributed by atoms with Crippen molar-refractivity contribution in [3.05, 3.63) is 47.7 Å². The zero-order chi connectivity index (χ0) is 12.3. The van der Waals surface area contributed by atoms with Crippen LogP contribution < -0.4 is 0 Å². The molecule has 0 atom stereocenters. The zero-order valence-electron chi connectivity index (χ0n) is 9.85. The molecule has 1 aromatic carbocycles. The smallest absolute Gasteiger partial charge is 0.265 e. The third kappa shape index (κ3) is 2.13. The highest BCUT2D eigenvalue weighted by Crippen LogP contribution is 2.22. The number of carbonyl (C=O) groups is 2. The van der Waals surface area contributed by atoms with E-state index in [2.05, 4.69) is 6.92 Å². The van der Waals surface area contributed by atoms with E-state index in [0.29, 0.717) is 11.1 Å². The van der Waals surface area contributed by atoms with Crippen LogP contribution >= 0.6 is 0 Å². The van der Waals surface area contributed by atoms with Crippen LogP contribution in [0.25, 0.3) is 0 Å². The lowest BCUT2D eigenvalue weighted by Gasteiger charge is -2.06. The Morgan fingerprint density at radius 1 is 1.12 bits per heavy atom. The fourth-order valence-corrected chi connectivity index (χ4v) is 1.85. The molecule has 0 saturated carbocycles. The van der Waals surface area contributed by atoms with Gasteiger partial charge in [-0.25, -0.2) is 4.90 Å². The molecule has 0 unspecified atom stereocenters. The largest absolute Gasteiger partial charge is 0.268 e. The normalized spacial score (nSPS) is 14.8. The molecule has 1 aliphatic heterocycles. The van der Waals surface area contributed by atoms with Crippen LogP contribution in [-0.4, -0.2) is 16.7 Å². The number of amides is 2. The summed E-state index contributed by atoms with van der Waals surface area (Å²) in [6, 6.07) is 6.92. The fraction of sp³-hybridized carbons (Fsp3) is 0.286. The van der Waals surface area contributed by atoms with Crippen molar-refractivity contribution in [2.75, 3.05) is 0 Å². The van der Waals surface area contributed by atoms with Crippen molar-refractivity contribution in [2.24, 2.45) is 0 Å². The minimum Gasteiger partial charge on any atom is -0.268 e. The lowest BCUT2D eigenvalue weighted by molar-refractivity contribution is 0.0721. The maximum atomic E-state index is 11.9. The molecule has 0 aromatic heterocycles. The van der Waals surface area contributed by atoms with Crippen molar-refractivity contribution in [1.82, 2.24) is 4.90 Å². The summed E-state index contributed by atoms with van der Waals surface area (Å²) in [6.45, 7) is 2.11. The van der Waals surface area contributed by atoms with E-state index in [1.165, 1.54) is 4.90 Å². The number of carbonyl (C=O) groups excluding carboxylic acids is 2. The molecule has 0 spiro atoms. The number of unbranched alkanes of at least 4 members (excludes halogenated alkanes) is 2. The fourth-order valence-electron chi connectivity index (χ4n) is 1.85. The summed E-state index contributed by atoms with van der Waals surface area (Å²) in [5.41, 5.74) is 0.996. The Labute approximate surface area is 101 Å². The van der Waals surface area contributed by atoms with Gasteiger partial charge in [-0.05, 0) is 18.6 Å². The molecule has 1 heterocycles. The molecule has 0 bridgehead atoms. The minimum absolute atomic E-state index is 0.224. The minimum atomic E-state index is -0.224. The molecule has 2 amide bonds. The molecule has 1 aromatic rings. The number of benzene rings is 1. The monoisotopic (exact) mass is 229 g/mol. The summed E-state index contributed by atoms with van der Waals surface area (Å²) in [4.78, 5) is 25.0. The average Bonchev–Trinajstić information content (AvgIpc) is 2.60. The highest BCUT2D eigenvalue weighted by atomic mass is 16.2. The summed E-state index contributed by atoms with van der Waals surface area (Å²) >= 11 is 0. The van der Waals surface area contributed by atoms with Crippen molar-refractivity contribution in [3.8, 4) is 0 Å². The molecule has 0 N–H and O–H groups in total. The Morgan fingerprint density at radius 3 is 2.24 bits per heavy atom. The maximum Gasteiger partial charge on any atom is 0.265 e. The standard InChI is InChI=1S/C14H15NO2/c1-2-3-4-7-10-15-13(16)11-8-5-6-9-12(11)14(15)17/h5-10H,2-4H2,1H3. The van der Waals surface area contributed by atoms with Crippen molar-refractivity contribution in [3.63, 3.8) is 0 Å². The number of hydrogen-bond acceptors (Lipinski definition) is 2. The molecular weight excluding hydrogens is 214 g/mol. The third-order valence-corrected chi connectivity index (χ3v) is 2.80. The van der Waals surface area contributed by atoms with Crippen molar-refractivity contribution >= 4 is 11.8 Å². The first-order valence-electron chi connectivity index (χ1n) is 5.89. The van der Waals surface area contributed by atoms with Crippen LogP contribution in [0.4, 0.5) is 0 Å². The molecular formula is C14H15NO2. The van der Waals surface area contributed by atoms with E-state index in [9.17, 15) is 9.59 Å². The Bertz CT molecular complexity index is 442. The predicted octanol–water partition coefficient (Wildman–Crippen LogP) is 2.99. The van der Waals surface area contributed by atoms with Gasteiger partial charge in [-0.3, -0.25) is 9.59 Å². The first kappa shape index (κ1) is 11.6. The molecule has 3 heteroatoms. The molecule has 1 aliphatic rings. The van der Waals surface area contributed by atoms with Gasteiger partial charge in [0.1, 0.15) is 0 Å². The SMILES string of the molecule is CCCCC=CN1C(=O)c2ccccc2C1=O. The van der Waals surface area contributed by atoms with E-state index in [-0.39, 0.29) is 11.8 Å². The van der Waals surface area contributed by atoms with Gasteiger partial charge in [-0.1, -0.05) is 38.0 Å². The van der Waals surface area contributed by atoms with E-state index in [4.69, 9.17) is 0 Å². The summed E-state index contributed by atoms with van der Waals surface area (Å²) in [5.74, 6) is -0.448. The number of hydrogen-bond donors (Lipinski definition) is 0. The number of rotatable bonds is 4. The highest BCUT2D eigenvalue weighted by molar-refractivity contribution is 6.21. The molecule has 17 heavy (non-hydrogen) atoms. The summed E-state index contributed by atoms with van der Waals surface area (Å²) < 4.78 is 0. The van der Waals surface area contributed by atoms with Crippen molar-refractivity contribution < 1.29 is 9.59 Å². The van der Waals surface area contributed by atoms with Crippen LogP contribution in [0, 0.1) is 0 Å². The molecule has 0 radical (unpaired) electrons. The van der Waals surface area contributed by atoms with Gasteiger partial charge < -0.3 is 0 Å². The van der Waals surface area contributed by atoms with Crippen LogP contribution in [0.1, 0.15) is 46.9 Å². The number of nitrogens with zero attached hydrogens (tertiary/aromatic N) is 1. The van der Waals surface area contributed by atoms with Crippen LogP contribution in [0.3, 0.4) is 0 Å². The Hall–Kier alpha value is -1.90. The second-order valence-corrected chi connectivity index (χ2v) is 4.05. The van der Waals surface area contributed by atoms with Gasteiger partial charge in [0.2, 0.25) is 0 Å². The lowest BCUT2D eigenvalue weighted by atomic mass is 10.1. The van der Waals surface area contributed by atoms with Crippen LogP contribution in [0.5, 0.6) is 0 Å². The highest BCUT2D eigenvalue weighted by Gasteiger charge is 2.33. The van der Waals surface area contributed by atoms with Crippen molar-refractivity contribution in [1.29, 1.82) is 0 Å². The topological polar surface area (TPSA) is 37.4 Å². The molecule has 2 rings (SSSR count). The van der Waals surface area contributed by atoms with Gasteiger partial charge in [0.15, 0.2) is 0 Å². The van der Waals surface area contributed by atoms with Crippen LogP contribution in [0.15, 0.2) is 36.5 Å². The molecule has 0 saturated heterocycles. The van der Waals surface area contributed by atoms with Gasteiger partial charge in [-0.2, -0.15) is 0 Å². The predicted molar refractivity (Wildman–Crippen MR) is 65.6 cm³/mol. The van der Waals surface area contributed by atoms with Gasteiger partial charge in [0.05, 0.1) is 11.1 Å². The molecule has 3 nitrogen and oxygen atoms in total. The average molecular weight is 229 g/mol. The van der Waals surface area contributed by atoms with Gasteiger partial charge in [0, 0.05) is 6.20 Å². The molecule has 0 aliphatic carbocycles. The third-order valence-electron chi connectivity index (χ3n) is 2.80. The van der Waals surface area contributed by atoms with E-state index in [0.717, 1.165) is 19.3 Å². The number of fused-ring (bicyclic) bond motifs is 1. The Balaban J connectivity index is 2.16. The maximum absolute atomic E-state index is 11.9. The van der Waals surface area contributed by atoms with Crippen molar-refractivity contribution in [2.45, 2.75) is 26.2 Å². The second kappa shape index (κ2) is 4.95. The van der Waals surface area contributed by atoms with E-state index >= 15 is 0 Å².